The zero-order valence-electron chi connectivity index (χ0n) is 11.3. The van der Waals surface area contributed by atoms with Crippen molar-refractivity contribution in [3.8, 4) is 0 Å². The molecule has 0 bridgehead atoms. The molecule has 1 aromatic carbocycles. The predicted octanol–water partition coefficient (Wildman–Crippen LogP) is 2.08. The van der Waals surface area contributed by atoms with Gasteiger partial charge in [0.05, 0.1) is 0 Å². The summed E-state index contributed by atoms with van der Waals surface area (Å²) in [6, 6.07) is 9.85. The Bertz CT molecular complexity index is 371. The molecule has 100 valence electrons. The van der Waals surface area contributed by atoms with Gasteiger partial charge in [-0.25, -0.2) is 4.79 Å². The predicted molar refractivity (Wildman–Crippen MR) is 72.4 cm³/mol. The van der Waals surface area contributed by atoms with Crippen molar-refractivity contribution in [2.75, 3.05) is 6.54 Å². The molecule has 0 aliphatic carbocycles. The summed E-state index contributed by atoms with van der Waals surface area (Å²) in [7, 11) is 0. The van der Waals surface area contributed by atoms with Gasteiger partial charge in [0, 0.05) is 12.6 Å². The number of carbonyl (C=O) groups is 1. The standard InChI is InChI=1S/C14H22N2O2/c1-14(2,3)18-13(17)16-10-12(15)9-11-7-5-4-6-8-11/h4-8,12H,9-10,15H2,1-3H3,(H,16,17). The number of nitrogens with one attached hydrogen (secondary N) is 1. The van der Waals surface area contributed by atoms with Gasteiger partial charge >= 0.3 is 6.09 Å². The number of amides is 1. The van der Waals surface area contributed by atoms with Crippen LogP contribution in [0.5, 0.6) is 0 Å². The van der Waals surface area contributed by atoms with Crippen molar-refractivity contribution in [1.29, 1.82) is 0 Å². The van der Waals surface area contributed by atoms with Crippen molar-refractivity contribution in [3.63, 3.8) is 0 Å². The van der Waals surface area contributed by atoms with Crippen LogP contribution in [0, 0.1) is 0 Å². The van der Waals surface area contributed by atoms with Crippen LogP contribution in [-0.4, -0.2) is 24.3 Å². The first-order valence-electron chi connectivity index (χ1n) is 6.13. The maximum absolute atomic E-state index is 11.4. The minimum Gasteiger partial charge on any atom is -0.444 e. The number of nitrogens with two attached hydrogens (primary N) is 1. The average molecular weight is 250 g/mol. The second-order valence-corrected chi connectivity index (χ2v) is 5.33. The van der Waals surface area contributed by atoms with E-state index in [0.717, 1.165) is 12.0 Å². The molecule has 0 saturated carbocycles. The maximum atomic E-state index is 11.4. The Morgan fingerprint density at radius 1 is 1.33 bits per heavy atom. The third kappa shape index (κ3) is 6.25. The van der Waals surface area contributed by atoms with E-state index in [1.54, 1.807) is 0 Å². The van der Waals surface area contributed by atoms with Gasteiger partial charge in [-0.05, 0) is 32.8 Å². The summed E-state index contributed by atoms with van der Waals surface area (Å²) in [6.45, 7) is 5.90. The summed E-state index contributed by atoms with van der Waals surface area (Å²) < 4.78 is 5.13. The summed E-state index contributed by atoms with van der Waals surface area (Å²) in [5, 5.41) is 2.67. The molecule has 0 spiro atoms. The molecule has 0 aliphatic rings. The van der Waals surface area contributed by atoms with Crippen LogP contribution in [0.2, 0.25) is 0 Å². The van der Waals surface area contributed by atoms with Gasteiger partial charge in [0.1, 0.15) is 5.60 Å². The highest BCUT2D eigenvalue weighted by atomic mass is 16.6. The Morgan fingerprint density at radius 3 is 2.50 bits per heavy atom. The van der Waals surface area contributed by atoms with Crippen LogP contribution in [0.1, 0.15) is 26.3 Å². The first-order valence-corrected chi connectivity index (χ1v) is 6.13. The lowest BCUT2D eigenvalue weighted by molar-refractivity contribution is 0.0524. The van der Waals surface area contributed by atoms with E-state index in [0.29, 0.717) is 6.54 Å². The Hall–Kier alpha value is -1.55. The first kappa shape index (κ1) is 14.5. The largest absolute Gasteiger partial charge is 0.444 e. The summed E-state index contributed by atoms with van der Waals surface area (Å²) in [5.41, 5.74) is 6.63. The van der Waals surface area contributed by atoms with Crippen LogP contribution in [0.3, 0.4) is 0 Å². The number of benzene rings is 1. The van der Waals surface area contributed by atoms with E-state index in [-0.39, 0.29) is 6.04 Å². The number of ether oxygens (including phenoxy) is 1. The van der Waals surface area contributed by atoms with Crippen LogP contribution in [-0.2, 0) is 11.2 Å². The van der Waals surface area contributed by atoms with E-state index >= 15 is 0 Å². The second kappa shape index (κ2) is 6.40. The molecule has 0 radical (unpaired) electrons. The van der Waals surface area contributed by atoms with Gasteiger partial charge < -0.3 is 15.8 Å². The average Bonchev–Trinajstić information content (AvgIpc) is 2.25. The van der Waals surface area contributed by atoms with Crippen molar-refractivity contribution in [2.24, 2.45) is 5.73 Å². The zero-order valence-corrected chi connectivity index (χ0v) is 11.3. The molecule has 1 unspecified atom stereocenters. The monoisotopic (exact) mass is 250 g/mol. The molecule has 1 rings (SSSR count). The molecule has 3 N–H and O–H groups in total. The van der Waals surface area contributed by atoms with Gasteiger partial charge in [-0.3, -0.25) is 0 Å². The summed E-state index contributed by atoms with van der Waals surface area (Å²) in [6.07, 6.45) is 0.308. The molecule has 0 aliphatic heterocycles. The van der Waals surface area contributed by atoms with Crippen LogP contribution in [0.15, 0.2) is 30.3 Å². The van der Waals surface area contributed by atoms with Crippen molar-refractivity contribution in [2.45, 2.75) is 38.8 Å². The number of hydrogen-bond acceptors (Lipinski definition) is 3. The molecular weight excluding hydrogens is 228 g/mol. The zero-order chi connectivity index (χ0) is 13.6. The summed E-state index contributed by atoms with van der Waals surface area (Å²) in [4.78, 5) is 11.4. The summed E-state index contributed by atoms with van der Waals surface area (Å²) in [5.74, 6) is 0. The van der Waals surface area contributed by atoms with E-state index < -0.39 is 11.7 Å². The lowest BCUT2D eigenvalue weighted by Gasteiger charge is -2.20. The van der Waals surface area contributed by atoms with Gasteiger partial charge in [0.2, 0.25) is 0 Å². The number of hydrogen-bond donors (Lipinski definition) is 2. The molecule has 1 atom stereocenters. The Labute approximate surface area is 109 Å². The van der Waals surface area contributed by atoms with Crippen molar-refractivity contribution in [3.05, 3.63) is 35.9 Å². The molecule has 18 heavy (non-hydrogen) atoms. The fourth-order valence-electron chi connectivity index (χ4n) is 1.52. The highest BCUT2D eigenvalue weighted by molar-refractivity contribution is 5.67. The lowest BCUT2D eigenvalue weighted by atomic mass is 10.1. The molecular formula is C14H22N2O2. The van der Waals surface area contributed by atoms with Crippen LogP contribution >= 0.6 is 0 Å². The molecule has 1 aromatic rings. The Balaban J connectivity index is 2.29. The van der Waals surface area contributed by atoms with Gasteiger partial charge in [-0.15, -0.1) is 0 Å². The van der Waals surface area contributed by atoms with E-state index in [9.17, 15) is 4.79 Å². The molecule has 1 amide bonds. The van der Waals surface area contributed by atoms with Gasteiger partial charge in [0.25, 0.3) is 0 Å². The van der Waals surface area contributed by atoms with E-state index in [1.807, 2.05) is 51.1 Å². The van der Waals surface area contributed by atoms with Crippen LogP contribution in [0.25, 0.3) is 0 Å². The normalized spacial score (nSPS) is 12.9. The Morgan fingerprint density at radius 2 is 1.94 bits per heavy atom. The third-order valence-corrected chi connectivity index (χ3v) is 2.25. The fraction of sp³-hybridized carbons (Fsp3) is 0.500. The third-order valence-electron chi connectivity index (χ3n) is 2.25. The van der Waals surface area contributed by atoms with E-state index in [1.165, 1.54) is 0 Å². The smallest absolute Gasteiger partial charge is 0.407 e. The van der Waals surface area contributed by atoms with Crippen molar-refractivity contribution in [1.82, 2.24) is 5.32 Å². The summed E-state index contributed by atoms with van der Waals surface area (Å²) >= 11 is 0. The van der Waals surface area contributed by atoms with Crippen molar-refractivity contribution >= 4 is 6.09 Å². The highest BCUT2D eigenvalue weighted by Gasteiger charge is 2.16. The number of carbonyl (C=O) groups excluding carboxylic acids is 1. The molecule has 4 nitrogen and oxygen atoms in total. The van der Waals surface area contributed by atoms with E-state index in [2.05, 4.69) is 5.32 Å². The van der Waals surface area contributed by atoms with Gasteiger partial charge in [0.15, 0.2) is 0 Å². The molecule has 0 aromatic heterocycles. The molecule has 0 fully saturated rings. The minimum atomic E-state index is -0.479. The second-order valence-electron chi connectivity index (χ2n) is 5.33. The topological polar surface area (TPSA) is 64.3 Å². The molecule has 0 saturated heterocycles. The highest BCUT2D eigenvalue weighted by Crippen LogP contribution is 2.06. The van der Waals surface area contributed by atoms with Crippen LogP contribution < -0.4 is 11.1 Å². The first-order chi connectivity index (χ1) is 8.37. The van der Waals surface area contributed by atoms with Gasteiger partial charge in [-0.2, -0.15) is 0 Å². The molecule has 0 heterocycles. The lowest BCUT2D eigenvalue weighted by Crippen LogP contribution is -2.41. The fourth-order valence-corrected chi connectivity index (χ4v) is 1.52. The SMILES string of the molecule is CC(C)(C)OC(=O)NCC(N)Cc1ccccc1. The quantitative estimate of drug-likeness (QED) is 0.860. The number of rotatable bonds is 4. The maximum Gasteiger partial charge on any atom is 0.407 e. The minimum absolute atomic E-state index is 0.111. The number of alkyl carbamates (subject to hydrolysis) is 1. The molecule has 4 heteroatoms. The van der Waals surface area contributed by atoms with Crippen LogP contribution in [0.4, 0.5) is 4.79 Å². The Kier molecular flexibility index (Phi) is 5.16. The van der Waals surface area contributed by atoms with Crippen molar-refractivity contribution < 1.29 is 9.53 Å². The van der Waals surface area contributed by atoms with Gasteiger partial charge in [-0.1, -0.05) is 30.3 Å². The van der Waals surface area contributed by atoms with E-state index in [4.69, 9.17) is 10.5 Å².